The monoisotopic (exact) mass is 290 g/mol. The highest BCUT2D eigenvalue weighted by molar-refractivity contribution is 5.85. The molecule has 1 fully saturated rings. The Kier molecular flexibility index (Phi) is 10.3. The molecule has 1 rings (SSSR count). The van der Waals surface area contributed by atoms with E-state index in [0.717, 1.165) is 38.8 Å². The number of hydrogen-bond acceptors (Lipinski definition) is 2. The second kappa shape index (κ2) is 10.5. The van der Waals surface area contributed by atoms with Crippen LogP contribution in [0.1, 0.15) is 58.8 Å². The molecule has 1 unspecified atom stereocenters. The SMILES string of the molecule is CCCCC(CC)CC(=O)N(C)C1CCNCC1.Cl. The van der Waals surface area contributed by atoms with Crippen LogP contribution in [0, 0.1) is 5.92 Å². The Morgan fingerprint density at radius 3 is 2.47 bits per heavy atom. The van der Waals surface area contributed by atoms with Gasteiger partial charge in [-0.2, -0.15) is 0 Å². The normalized spacial score (nSPS) is 17.6. The van der Waals surface area contributed by atoms with Crippen molar-refractivity contribution in [1.29, 1.82) is 0 Å². The van der Waals surface area contributed by atoms with Gasteiger partial charge in [0.25, 0.3) is 0 Å². The zero-order valence-corrected chi connectivity index (χ0v) is 13.6. The minimum Gasteiger partial charge on any atom is -0.343 e. The van der Waals surface area contributed by atoms with Crippen LogP contribution in [0.25, 0.3) is 0 Å². The van der Waals surface area contributed by atoms with Crippen molar-refractivity contribution in [2.45, 2.75) is 64.8 Å². The summed E-state index contributed by atoms with van der Waals surface area (Å²) in [6, 6.07) is 0.461. The third-order valence-electron chi connectivity index (χ3n) is 4.26. The van der Waals surface area contributed by atoms with Crippen molar-refractivity contribution in [1.82, 2.24) is 10.2 Å². The van der Waals surface area contributed by atoms with Crippen molar-refractivity contribution in [3.05, 3.63) is 0 Å². The van der Waals surface area contributed by atoms with E-state index >= 15 is 0 Å². The van der Waals surface area contributed by atoms with Crippen molar-refractivity contribution in [2.75, 3.05) is 20.1 Å². The molecule has 4 heteroatoms. The van der Waals surface area contributed by atoms with E-state index in [2.05, 4.69) is 19.2 Å². The predicted molar refractivity (Wildman–Crippen MR) is 83.8 cm³/mol. The number of carbonyl (C=O) groups is 1. The topological polar surface area (TPSA) is 32.3 Å². The minimum absolute atomic E-state index is 0. The number of unbranched alkanes of at least 4 members (excludes halogenated alkanes) is 1. The lowest BCUT2D eigenvalue weighted by Crippen LogP contribution is -2.44. The van der Waals surface area contributed by atoms with E-state index < -0.39 is 0 Å². The zero-order chi connectivity index (χ0) is 13.4. The fourth-order valence-electron chi connectivity index (χ4n) is 2.73. The summed E-state index contributed by atoms with van der Waals surface area (Å²) in [7, 11) is 1.99. The summed E-state index contributed by atoms with van der Waals surface area (Å²) in [6.45, 7) is 6.53. The molecule has 1 aliphatic rings. The van der Waals surface area contributed by atoms with Crippen LogP contribution in [0.5, 0.6) is 0 Å². The Hall–Kier alpha value is -0.280. The molecule has 0 aromatic carbocycles. The van der Waals surface area contributed by atoms with Gasteiger partial charge in [0.2, 0.25) is 5.91 Å². The predicted octanol–water partition coefficient (Wildman–Crippen LogP) is 3.23. The fraction of sp³-hybridized carbons (Fsp3) is 0.933. The smallest absolute Gasteiger partial charge is 0.222 e. The molecule has 0 aromatic heterocycles. The van der Waals surface area contributed by atoms with Crippen LogP contribution >= 0.6 is 12.4 Å². The van der Waals surface area contributed by atoms with E-state index in [0.29, 0.717) is 17.9 Å². The molecule has 19 heavy (non-hydrogen) atoms. The van der Waals surface area contributed by atoms with Crippen LogP contribution in [-0.4, -0.2) is 37.0 Å². The van der Waals surface area contributed by atoms with Gasteiger partial charge in [-0.05, 0) is 38.3 Å². The summed E-state index contributed by atoms with van der Waals surface area (Å²) in [6.07, 6.45) is 7.78. The Morgan fingerprint density at radius 2 is 1.95 bits per heavy atom. The molecule has 3 nitrogen and oxygen atoms in total. The highest BCUT2D eigenvalue weighted by atomic mass is 35.5. The number of halogens is 1. The first kappa shape index (κ1) is 18.7. The van der Waals surface area contributed by atoms with Crippen LogP contribution in [0.15, 0.2) is 0 Å². The summed E-state index contributed by atoms with van der Waals surface area (Å²) in [5.41, 5.74) is 0. The number of nitrogens with zero attached hydrogens (tertiary/aromatic N) is 1. The summed E-state index contributed by atoms with van der Waals surface area (Å²) in [5.74, 6) is 0.937. The Balaban J connectivity index is 0.00000324. The number of piperidine rings is 1. The largest absolute Gasteiger partial charge is 0.343 e. The molecular formula is C15H31ClN2O. The first-order valence-electron chi connectivity index (χ1n) is 7.65. The molecule has 1 atom stereocenters. The van der Waals surface area contributed by atoms with Crippen molar-refractivity contribution in [2.24, 2.45) is 5.92 Å². The maximum Gasteiger partial charge on any atom is 0.222 e. The lowest BCUT2D eigenvalue weighted by atomic mass is 9.94. The number of rotatable bonds is 7. The molecule has 1 saturated heterocycles. The van der Waals surface area contributed by atoms with Gasteiger partial charge in [0, 0.05) is 19.5 Å². The molecule has 1 amide bonds. The van der Waals surface area contributed by atoms with Gasteiger partial charge in [-0.25, -0.2) is 0 Å². The van der Waals surface area contributed by atoms with E-state index in [9.17, 15) is 4.79 Å². The Labute approximate surface area is 124 Å². The summed E-state index contributed by atoms with van der Waals surface area (Å²) < 4.78 is 0. The van der Waals surface area contributed by atoms with E-state index in [1.54, 1.807) is 0 Å². The third kappa shape index (κ3) is 6.62. The molecule has 0 spiro atoms. The van der Waals surface area contributed by atoms with Crippen LogP contribution in [0.3, 0.4) is 0 Å². The first-order chi connectivity index (χ1) is 8.69. The summed E-state index contributed by atoms with van der Waals surface area (Å²) in [4.78, 5) is 14.3. The molecule has 1 N–H and O–H groups in total. The number of nitrogens with one attached hydrogen (secondary N) is 1. The van der Waals surface area contributed by atoms with Crippen LogP contribution in [0.4, 0.5) is 0 Å². The standard InChI is InChI=1S/C15H30N2O.ClH/c1-4-6-7-13(5-2)12-15(18)17(3)14-8-10-16-11-9-14;/h13-14,16H,4-12H2,1-3H3;1H. The quantitative estimate of drug-likeness (QED) is 0.781. The first-order valence-corrected chi connectivity index (χ1v) is 7.65. The zero-order valence-electron chi connectivity index (χ0n) is 12.8. The maximum atomic E-state index is 12.3. The third-order valence-corrected chi connectivity index (χ3v) is 4.26. The van der Waals surface area contributed by atoms with Gasteiger partial charge in [-0.15, -0.1) is 12.4 Å². The van der Waals surface area contributed by atoms with Crippen molar-refractivity contribution >= 4 is 18.3 Å². The average molecular weight is 291 g/mol. The molecule has 114 valence electrons. The lowest BCUT2D eigenvalue weighted by molar-refractivity contribution is -0.133. The van der Waals surface area contributed by atoms with Gasteiger partial charge >= 0.3 is 0 Å². The van der Waals surface area contributed by atoms with Gasteiger partial charge in [-0.3, -0.25) is 4.79 Å². The highest BCUT2D eigenvalue weighted by Crippen LogP contribution is 2.19. The van der Waals surface area contributed by atoms with E-state index in [1.807, 2.05) is 11.9 Å². The molecule has 1 aliphatic heterocycles. The van der Waals surface area contributed by atoms with Crippen molar-refractivity contribution in [3.8, 4) is 0 Å². The molecule has 0 bridgehead atoms. The second-order valence-corrected chi connectivity index (χ2v) is 5.61. The molecular weight excluding hydrogens is 260 g/mol. The van der Waals surface area contributed by atoms with Crippen LogP contribution < -0.4 is 5.32 Å². The summed E-state index contributed by atoms with van der Waals surface area (Å²) in [5, 5.41) is 3.35. The van der Waals surface area contributed by atoms with E-state index in [-0.39, 0.29) is 12.4 Å². The fourth-order valence-corrected chi connectivity index (χ4v) is 2.73. The number of amides is 1. The van der Waals surface area contributed by atoms with Crippen LogP contribution in [0.2, 0.25) is 0 Å². The lowest BCUT2D eigenvalue weighted by Gasteiger charge is -2.32. The summed E-state index contributed by atoms with van der Waals surface area (Å²) >= 11 is 0. The van der Waals surface area contributed by atoms with Gasteiger partial charge < -0.3 is 10.2 Å². The molecule has 0 aromatic rings. The van der Waals surface area contributed by atoms with E-state index in [1.165, 1.54) is 19.3 Å². The second-order valence-electron chi connectivity index (χ2n) is 5.61. The molecule has 0 aliphatic carbocycles. The van der Waals surface area contributed by atoms with Gasteiger partial charge in [-0.1, -0.05) is 33.1 Å². The van der Waals surface area contributed by atoms with Gasteiger partial charge in [0.15, 0.2) is 0 Å². The Morgan fingerprint density at radius 1 is 1.32 bits per heavy atom. The molecule has 0 saturated carbocycles. The number of hydrogen-bond donors (Lipinski definition) is 1. The van der Waals surface area contributed by atoms with Crippen molar-refractivity contribution < 1.29 is 4.79 Å². The van der Waals surface area contributed by atoms with Crippen LogP contribution in [-0.2, 0) is 4.79 Å². The van der Waals surface area contributed by atoms with E-state index in [4.69, 9.17) is 0 Å². The van der Waals surface area contributed by atoms with Gasteiger partial charge in [0.05, 0.1) is 0 Å². The van der Waals surface area contributed by atoms with Gasteiger partial charge in [0.1, 0.15) is 0 Å². The molecule has 1 heterocycles. The average Bonchev–Trinajstić information content (AvgIpc) is 2.43. The Bertz CT molecular complexity index is 242. The molecule has 0 radical (unpaired) electrons. The highest BCUT2D eigenvalue weighted by Gasteiger charge is 2.23. The number of carbonyl (C=O) groups excluding carboxylic acids is 1. The van der Waals surface area contributed by atoms with Crippen molar-refractivity contribution in [3.63, 3.8) is 0 Å². The maximum absolute atomic E-state index is 12.3. The minimum atomic E-state index is 0.